The Morgan fingerprint density at radius 1 is 1.05 bits per heavy atom. The molecule has 3 aromatic rings. The molecule has 4 rings (SSSR count). The number of rotatable bonds is 2. The lowest BCUT2D eigenvalue weighted by atomic mass is 9.97. The summed E-state index contributed by atoms with van der Waals surface area (Å²) < 4.78 is 0. The fourth-order valence-electron chi connectivity index (χ4n) is 3.43. The van der Waals surface area contributed by atoms with Gasteiger partial charge in [-0.3, -0.25) is 4.79 Å². The Hall–Kier alpha value is -2.35. The molecule has 0 bridgehead atoms. The van der Waals surface area contributed by atoms with Crippen molar-refractivity contribution >= 4 is 16.7 Å². The van der Waals surface area contributed by atoms with E-state index in [1.165, 1.54) is 17.5 Å². The van der Waals surface area contributed by atoms with Crippen molar-refractivity contribution in [2.45, 2.75) is 26.2 Å². The smallest absolute Gasteiger partial charge is 0.195 e. The van der Waals surface area contributed by atoms with Gasteiger partial charge >= 0.3 is 0 Å². The van der Waals surface area contributed by atoms with Crippen LogP contribution in [0.5, 0.6) is 0 Å². The Balaban J connectivity index is 1.85. The van der Waals surface area contributed by atoms with E-state index >= 15 is 0 Å². The predicted molar refractivity (Wildman–Crippen MR) is 84.9 cm³/mol. The highest BCUT2D eigenvalue weighted by molar-refractivity contribution is 6.17. The van der Waals surface area contributed by atoms with Gasteiger partial charge in [0.05, 0.1) is 5.56 Å². The molecule has 1 N–H and O–H groups in total. The summed E-state index contributed by atoms with van der Waals surface area (Å²) in [6, 6.07) is 14.2. The van der Waals surface area contributed by atoms with Gasteiger partial charge in [-0.25, -0.2) is 0 Å². The second-order valence-electron chi connectivity index (χ2n) is 5.84. The third-order valence-electron chi connectivity index (χ3n) is 4.48. The van der Waals surface area contributed by atoms with Crippen LogP contribution in [0.3, 0.4) is 0 Å². The quantitative estimate of drug-likeness (QED) is 0.699. The van der Waals surface area contributed by atoms with Gasteiger partial charge < -0.3 is 4.98 Å². The molecule has 1 aromatic heterocycles. The maximum Gasteiger partial charge on any atom is 0.195 e. The van der Waals surface area contributed by atoms with Gasteiger partial charge in [-0.05, 0) is 49.4 Å². The number of fused-ring (bicyclic) bond motifs is 2. The summed E-state index contributed by atoms with van der Waals surface area (Å²) in [4.78, 5) is 16.2. The van der Waals surface area contributed by atoms with Gasteiger partial charge in [0.2, 0.25) is 0 Å². The first kappa shape index (κ1) is 12.4. The Kier molecular flexibility index (Phi) is 2.71. The normalized spacial score (nSPS) is 13.6. The van der Waals surface area contributed by atoms with Crippen molar-refractivity contribution in [2.24, 2.45) is 0 Å². The van der Waals surface area contributed by atoms with Crippen molar-refractivity contribution in [2.75, 3.05) is 0 Å². The monoisotopic (exact) mass is 275 g/mol. The summed E-state index contributed by atoms with van der Waals surface area (Å²) in [5, 5.41) is 1.01. The van der Waals surface area contributed by atoms with E-state index in [9.17, 15) is 4.79 Å². The Morgan fingerprint density at radius 2 is 1.86 bits per heavy atom. The first-order chi connectivity index (χ1) is 10.2. The van der Waals surface area contributed by atoms with Gasteiger partial charge in [0.25, 0.3) is 0 Å². The topological polar surface area (TPSA) is 32.9 Å². The third kappa shape index (κ3) is 1.90. The second-order valence-corrected chi connectivity index (χ2v) is 5.84. The molecular weight excluding hydrogens is 258 g/mol. The number of aryl methyl sites for hydroxylation is 3. The van der Waals surface area contributed by atoms with Gasteiger partial charge in [-0.15, -0.1) is 0 Å². The van der Waals surface area contributed by atoms with E-state index in [1.807, 2.05) is 37.3 Å². The fourth-order valence-corrected chi connectivity index (χ4v) is 3.43. The number of nitrogens with one attached hydrogen (secondary N) is 1. The lowest BCUT2D eigenvalue weighted by molar-refractivity contribution is 0.103. The zero-order valence-corrected chi connectivity index (χ0v) is 12.1. The van der Waals surface area contributed by atoms with Crippen LogP contribution in [-0.4, -0.2) is 10.8 Å². The highest BCUT2D eigenvalue weighted by Crippen LogP contribution is 2.27. The summed E-state index contributed by atoms with van der Waals surface area (Å²) in [5.74, 6) is 0.125. The molecule has 0 aliphatic heterocycles. The number of H-pyrrole nitrogens is 1. The summed E-state index contributed by atoms with van der Waals surface area (Å²) >= 11 is 0. The number of aromatic amines is 1. The van der Waals surface area contributed by atoms with Crippen LogP contribution < -0.4 is 0 Å². The van der Waals surface area contributed by atoms with Crippen LogP contribution in [0.2, 0.25) is 0 Å². The number of carbonyl (C=O) groups is 1. The standard InChI is InChI=1S/C19H17NO/c1-12-18(16-7-2-3-8-17(16)20-12)19(21)15-10-9-13-5-4-6-14(13)11-15/h2-3,7-11,20H,4-6H2,1H3. The molecule has 0 amide bonds. The maximum atomic E-state index is 12.9. The minimum absolute atomic E-state index is 0.125. The molecule has 0 radical (unpaired) electrons. The molecule has 0 fully saturated rings. The van der Waals surface area contributed by atoms with E-state index in [4.69, 9.17) is 0 Å². The molecule has 2 aromatic carbocycles. The Bertz CT molecular complexity index is 857. The number of benzene rings is 2. The Morgan fingerprint density at radius 3 is 2.76 bits per heavy atom. The van der Waals surface area contributed by atoms with Crippen LogP contribution >= 0.6 is 0 Å². The molecule has 0 saturated carbocycles. The molecule has 0 unspecified atom stereocenters. The van der Waals surface area contributed by atoms with Gasteiger partial charge in [0.15, 0.2) is 5.78 Å². The van der Waals surface area contributed by atoms with E-state index in [0.29, 0.717) is 0 Å². The molecule has 0 saturated heterocycles. The maximum absolute atomic E-state index is 12.9. The molecule has 21 heavy (non-hydrogen) atoms. The van der Waals surface area contributed by atoms with E-state index in [2.05, 4.69) is 17.1 Å². The summed E-state index contributed by atoms with van der Waals surface area (Å²) in [6.07, 6.45) is 3.46. The van der Waals surface area contributed by atoms with Crippen molar-refractivity contribution in [3.05, 3.63) is 70.4 Å². The summed E-state index contributed by atoms with van der Waals surface area (Å²) in [7, 11) is 0. The molecule has 2 nitrogen and oxygen atoms in total. The van der Waals surface area contributed by atoms with Gasteiger partial charge in [-0.2, -0.15) is 0 Å². The number of carbonyl (C=O) groups excluding carboxylic acids is 1. The number of ketones is 1. The predicted octanol–water partition coefficient (Wildman–Crippen LogP) is 4.20. The summed E-state index contributed by atoms with van der Waals surface area (Å²) in [6.45, 7) is 1.97. The third-order valence-corrected chi connectivity index (χ3v) is 4.48. The average Bonchev–Trinajstić information content (AvgIpc) is 3.08. The second kappa shape index (κ2) is 4.59. The number of para-hydroxylation sites is 1. The van der Waals surface area contributed by atoms with E-state index in [1.54, 1.807) is 0 Å². The number of hydrogen-bond donors (Lipinski definition) is 1. The minimum Gasteiger partial charge on any atom is -0.358 e. The van der Waals surface area contributed by atoms with Crippen LogP contribution in [-0.2, 0) is 12.8 Å². The highest BCUT2D eigenvalue weighted by Gasteiger charge is 2.19. The van der Waals surface area contributed by atoms with Crippen LogP contribution in [0, 0.1) is 6.92 Å². The van der Waals surface area contributed by atoms with E-state index < -0.39 is 0 Å². The lowest BCUT2D eigenvalue weighted by Crippen LogP contribution is -2.03. The first-order valence-electron chi connectivity index (χ1n) is 7.48. The van der Waals surface area contributed by atoms with Crippen LogP contribution in [0.1, 0.15) is 39.2 Å². The van der Waals surface area contributed by atoms with Crippen molar-refractivity contribution in [1.82, 2.24) is 4.98 Å². The Labute approximate surface area is 123 Å². The molecular formula is C19H17NO. The van der Waals surface area contributed by atoms with E-state index in [-0.39, 0.29) is 5.78 Å². The van der Waals surface area contributed by atoms with Crippen LogP contribution in [0.4, 0.5) is 0 Å². The van der Waals surface area contributed by atoms with Gasteiger partial charge in [0.1, 0.15) is 0 Å². The molecule has 1 heterocycles. The van der Waals surface area contributed by atoms with Gasteiger partial charge in [0, 0.05) is 22.2 Å². The number of aromatic nitrogens is 1. The zero-order valence-electron chi connectivity index (χ0n) is 12.1. The van der Waals surface area contributed by atoms with Crippen molar-refractivity contribution in [1.29, 1.82) is 0 Å². The largest absolute Gasteiger partial charge is 0.358 e. The minimum atomic E-state index is 0.125. The number of hydrogen-bond acceptors (Lipinski definition) is 1. The molecule has 1 aliphatic carbocycles. The average molecular weight is 275 g/mol. The highest BCUT2D eigenvalue weighted by atomic mass is 16.1. The summed E-state index contributed by atoms with van der Waals surface area (Å²) in [5.41, 5.74) is 6.34. The SMILES string of the molecule is Cc1[nH]c2ccccc2c1C(=O)c1ccc2c(c1)CCC2. The molecule has 1 aliphatic rings. The van der Waals surface area contributed by atoms with Crippen LogP contribution in [0.15, 0.2) is 42.5 Å². The molecule has 0 spiro atoms. The lowest BCUT2D eigenvalue weighted by Gasteiger charge is -2.05. The van der Waals surface area contributed by atoms with Crippen LogP contribution in [0.25, 0.3) is 10.9 Å². The van der Waals surface area contributed by atoms with Gasteiger partial charge in [-0.1, -0.05) is 30.3 Å². The van der Waals surface area contributed by atoms with Crippen molar-refractivity contribution in [3.63, 3.8) is 0 Å². The zero-order chi connectivity index (χ0) is 14.4. The molecule has 104 valence electrons. The molecule has 2 heteroatoms. The van der Waals surface area contributed by atoms with Crippen molar-refractivity contribution in [3.8, 4) is 0 Å². The van der Waals surface area contributed by atoms with Crippen molar-refractivity contribution < 1.29 is 4.79 Å². The first-order valence-corrected chi connectivity index (χ1v) is 7.48. The fraction of sp³-hybridized carbons (Fsp3) is 0.211. The molecule has 0 atom stereocenters. The van der Waals surface area contributed by atoms with E-state index in [0.717, 1.165) is 40.6 Å².